The van der Waals surface area contributed by atoms with E-state index in [0.717, 1.165) is 32.0 Å². The number of carbonyl (C=O) groups excluding carboxylic acids is 1. The molecule has 1 amide bonds. The van der Waals surface area contributed by atoms with Gasteiger partial charge in [-0.25, -0.2) is 9.97 Å². The molecule has 0 atom stereocenters. The van der Waals surface area contributed by atoms with Crippen LogP contribution in [0, 0.1) is 5.41 Å². The number of halogens is 1. The fourth-order valence-electron chi connectivity index (χ4n) is 3.46. The molecule has 4 heterocycles. The lowest BCUT2D eigenvalue weighted by Crippen LogP contribution is -2.66. The highest BCUT2D eigenvalue weighted by molar-refractivity contribution is 6.29. The van der Waals surface area contributed by atoms with Gasteiger partial charge in [0, 0.05) is 32.5 Å². The van der Waals surface area contributed by atoms with Crippen LogP contribution in [-0.2, 0) is 4.74 Å². The van der Waals surface area contributed by atoms with Gasteiger partial charge in [-0.05, 0) is 12.1 Å². The number of anilines is 3. The van der Waals surface area contributed by atoms with E-state index in [1.54, 1.807) is 26.4 Å². The highest BCUT2D eigenvalue weighted by atomic mass is 35.5. The van der Waals surface area contributed by atoms with Crippen molar-refractivity contribution in [1.82, 2.24) is 15.3 Å². The predicted octanol–water partition coefficient (Wildman–Crippen LogP) is 2.08. The topological polar surface area (TPSA) is 88.6 Å². The molecule has 0 radical (unpaired) electrons. The van der Waals surface area contributed by atoms with Crippen molar-refractivity contribution in [2.24, 2.45) is 5.41 Å². The van der Waals surface area contributed by atoms with Gasteiger partial charge in [-0.15, -0.1) is 0 Å². The molecular weight excluding hydrogens is 370 g/mol. The van der Waals surface area contributed by atoms with Crippen molar-refractivity contribution in [1.29, 1.82) is 0 Å². The average molecular weight is 390 g/mol. The Bertz CT molecular complexity index is 879. The average Bonchev–Trinajstić information content (AvgIpc) is 2.59. The van der Waals surface area contributed by atoms with E-state index in [9.17, 15) is 4.79 Å². The number of hydrogen-bond donors (Lipinski definition) is 2. The summed E-state index contributed by atoms with van der Waals surface area (Å²) in [6.45, 7) is 3.48. The Morgan fingerprint density at radius 2 is 2.15 bits per heavy atom. The van der Waals surface area contributed by atoms with Crippen LogP contribution in [0.5, 0.6) is 5.75 Å². The van der Waals surface area contributed by atoms with Crippen LogP contribution in [0.25, 0.3) is 0 Å². The Kier molecular flexibility index (Phi) is 4.53. The number of pyridine rings is 2. The third kappa shape index (κ3) is 3.15. The highest BCUT2D eigenvalue weighted by Gasteiger charge is 2.49. The maximum absolute atomic E-state index is 12.1. The van der Waals surface area contributed by atoms with Gasteiger partial charge in [0.1, 0.15) is 5.15 Å². The van der Waals surface area contributed by atoms with Gasteiger partial charge in [-0.2, -0.15) is 0 Å². The van der Waals surface area contributed by atoms with Gasteiger partial charge < -0.3 is 25.0 Å². The number of methoxy groups -OCH3 is 1. The first kappa shape index (κ1) is 17.8. The molecule has 9 heteroatoms. The number of carbonyl (C=O) groups is 1. The molecule has 27 heavy (non-hydrogen) atoms. The normalized spacial score (nSPS) is 17.1. The second-order valence-corrected chi connectivity index (χ2v) is 7.20. The van der Waals surface area contributed by atoms with Crippen molar-refractivity contribution in [3.8, 4) is 5.75 Å². The summed E-state index contributed by atoms with van der Waals surface area (Å²) in [5, 5.41) is 6.03. The van der Waals surface area contributed by atoms with Crippen LogP contribution in [0.1, 0.15) is 10.4 Å². The summed E-state index contributed by atoms with van der Waals surface area (Å²) in [4.78, 5) is 22.7. The van der Waals surface area contributed by atoms with E-state index in [1.165, 1.54) is 6.20 Å². The van der Waals surface area contributed by atoms with Crippen LogP contribution < -0.4 is 20.3 Å². The molecule has 0 bridgehead atoms. The maximum Gasteiger partial charge on any atom is 0.254 e. The van der Waals surface area contributed by atoms with Crippen LogP contribution in [0.4, 0.5) is 17.2 Å². The molecule has 2 aromatic heterocycles. The van der Waals surface area contributed by atoms with Crippen molar-refractivity contribution in [3.63, 3.8) is 0 Å². The maximum atomic E-state index is 12.1. The van der Waals surface area contributed by atoms with Crippen molar-refractivity contribution in [2.75, 3.05) is 50.7 Å². The molecular formula is C18H20ClN5O3. The van der Waals surface area contributed by atoms with E-state index in [0.29, 0.717) is 22.8 Å². The Balaban J connectivity index is 1.64. The van der Waals surface area contributed by atoms with Crippen LogP contribution in [0.15, 0.2) is 24.5 Å². The summed E-state index contributed by atoms with van der Waals surface area (Å²) < 4.78 is 11.0. The Labute approximate surface area is 161 Å². The molecule has 2 N–H and O–H groups in total. The quantitative estimate of drug-likeness (QED) is 0.757. The lowest BCUT2D eigenvalue weighted by molar-refractivity contribution is -0.127. The Morgan fingerprint density at radius 1 is 1.37 bits per heavy atom. The largest absolute Gasteiger partial charge is 0.491 e. The van der Waals surface area contributed by atoms with Gasteiger partial charge in [0.05, 0.1) is 42.7 Å². The monoisotopic (exact) mass is 389 g/mol. The zero-order valence-corrected chi connectivity index (χ0v) is 15.8. The van der Waals surface area contributed by atoms with Crippen LogP contribution in [0.3, 0.4) is 0 Å². The standard InChI is InChI=1S/C18H20ClN5O3/c1-20-17(25)11-6-22-14(19)5-12(11)23-16-15(26-2)13(3-4-21-16)24-7-18(8-24)9-27-10-18/h3-6H,7-10H2,1-2H3,(H,20,25)(H,21,22,23). The second-order valence-electron chi connectivity index (χ2n) is 6.82. The minimum Gasteiger partial charge on any atom is -0.491 e. The molecule has 2 aromatic rings. The first-order valence-electron chi connectivity index (χ1n) is 8.55. The molecule has 2 aliphatic heterocycles. The van der Waals surface area contributed by atoms with Gasteiger partial charge in [-0.1, -0.05) is 11.6 Å². The first-order chi connectivity index (χ1) is 13.0. The van der Waals surface area contributed by atoms with E-state index >= 15 is 0 Å². The minimum atomic E-state index is -0.272. The van der Waals surface area contributed by atoms with Crippen LogP contribution in [0.2, 0.25) is 5.15 Å². The lowest BCUT2D eigenvalue weighted by atomic mass is 9.78. The van der Waals surface area contributed by atoms with E-state index in [4.69, 9.17) is 21.1 Å². The van der Waals surface area contributed by atoms with Gasteiger partial charge in [-0.3, -0.25) is 4.79 Å². The predicted molar refractivity (Wildman–Crippen MR) is 102 cm³/mol. The second kappa shape index (κ2) is 6.86. The molecule has 142 valence electrons. The number of nitrogens with one attached hydrogen (secondary N) is 2. The smallest absolute Gasteiger partial charge is 0.254 e. The van der Waals surface area contributed by atoms with Gasteiger partial charge in [0.2, 0.25) is 0 Å². The highest BCUT2D eigenvalue weighted by Crippen LogP contribution is 2.45. The minimum absolute atomic E-state index is 0.272. The van der Waals surface area contributed by atoms with Crippen molar-refractivity contribution >= 4 is 34.7 Å². The molecule has 8 nitrogen and oxygen atoms in total. The molecule has 2 fully saturated rings. The Hall–Kier alpha value is -2.58. The number of ether oxygens (including phenoxy) is 2. The van der Waals surface area contributed by atoms with E-state index < -0.39 is 0 Å². The van der Waals surface area contributed by atoms with Gasteiger partial charge in [0.25, 0.3) is 5.91 Å². The van der Waals surface area contributed by atoms with Crippen LogP contribution in [-0.4, -0.2) is 56.3 Å². The zero-order valence-electron chi connectivity index (χ0n) is 15.1. The van der Waals surface area contributed by atoms with E-state index in [1.807, 2.05) is 6.07 Å². The van der Waals surface area contributed by atoms with Gasteiger partial charge >= 0.3 is 0 Å². The molecule has 2 saturated heterocycles. The summed E-state index contributed by atoms with van der Waals surface area (Å²) >= 11 is 6.02. The van der Waals surface area contributed by atoms with Crippen molar-refractivity contribution < 1.29 is 14.3 Å². The van der Waals surface area contributed by atoms with Crippen LogP contribution >= 0.6 is 11.6 Å². The van der Waals surface area contributed by atoms with Crippen molar-refractivity contribution in [2.45, 2.75) is 0 Å². The summed E-state index contributed by atoms with van der Waals surface area (Å²) in [7, 11) is 3.16. The molecule has 2 aliphatic rings. The van der Waals surface area contributed by atoms with Crippen molar-refractivity contribution in [3.05, 3.63) is 35.2 Å². The molecule has 4 rings (SSSR count). The zero-order chi connectivity index (χ0) is 19.0. The summed E-state index contributed by atoms with van der Waals surface area (Å²) in [5.41, 5.74) is 2.11. The number of hydrogen-bond acceptors (Lipinski definition) is 7. The molecule has 1 spiro atoms. The fourth-order valence-corrected chi connectivity index (χ4v) is 3.62. The lowest BCUT2D eigenvalue weighted by Gasteiger charge is -2.56. The molecule has 0 unspecified atom stereocenters. The third-order valence-corrected chi connectivity index (χ3v) is 5.10. The third-order valence-electron chi connectivity index (χ3n) is 4.89. The van der Waals surface area contributed by atoms with E-state index in [-0.39, 0.29) is 16.5 Å². The number of nitrogens with zero attached hydrogens (tertiary/aromatic N) is 3. The fraction of sp³-hybridized carbons (Fsp3) is 0.389. The number of amides is 1. The SMILES string of the molecule is CNC(=O)c1cnc(Cl)cc1Nc1nccc(N2CC3(COC3)C2)c1OC. The van der Waals surface area contributed by atoms with Gasteiger partial charge in [0.15, 0.2) is 11.6 Å². The first-order valence-corrected chi connectivity index (χ1v) is 8.93. The summed E-state index contributed by atoms with van der Waals surface area (Å²) in [6, 6.07) is 3.51. The molecule has 0 saturated carbocycles. The summed E-state index contributed by atoms with van der Waals surface area (Å²) in [5.74, 6) is 0.850. The molecule has 0 aliphatic carbocycles. The summed E-state index contributed by atoms with van der Waals surface area (Å²) in [6.07, 6.45) is 3.14. The van der Waals surface area contributed by atoms with E-state index in [2.05, 4.69) is 25.5 Å². The number of aromatic nitrogens is 2. The Morgan fingerprint density at radius 3 is 2.78 bits per heavy atom. The molecule has 0 aromatic carbocycles. The number of rotatable bonds is 5.